The summed E-state index contributed by atoms with van der Waals surface area (Å²) in [5.74, 6) is 0.990. The molecule has 0 aliphatic heterocycles. The molecule has 0 bridgehead atoms. The van der Waals surface area contributed by atoms with Crippen LogP contribution in [0.15, 0.2) is 78.9 Å². The molecule has 1 radical (unpaired) electrons. The van der Waals surface area contributed by atoms with Crippen LogP contribution in [0, 0.1) is 0 Å². The number of hydrogen-bond acceptors (Lipinski definition) is 2. The highest BCUT2D eigenvalue weighted by atomic mass is 28.3. The molecule has 0 N–H and O–H groups in total. The molecular formula is C23H23O2Si. The van der Waals surface area contributed by atoms with E-state index in [1.54, 1.807) is 7.11 Å². The average Bonchev–Trinajstić information content (AvgIpc) is 2.72. The molecule has 0 saturated carbocycles. The molecule has 3 aromatic carbocycles. The maximum Gasteiger partial charge on any atom is 0.283 e. The molecule has 0 spiro atoms. The molecule has 3 heteroatoms. The zero-order chi connectivity index (χ0) is 17.8. The van der Waals surface area contributed by atoms with E-state index in [0.717, 1.165) is 25.0 Å². The monoisotopic (exact) mass is 359 g/mol. The Morgan fingerprint density at radius 1 is 0.808 bits per heavy atom. The number of rotatable bonds is 5. The van der Waals surface area contributed by atoms with Gasteiger partial charge in [-0.1, -0.05) is 72.8 Å². The predicted octanol–water partition coefficient (Wildman–Crippen LogP) is 3.38. The molecule has 0 amide bonds. The Morgan fingerprint density at radius 2 is 1.46 bits per heavy atom. The van der Waals surface area contributed by atoms with Crippen LogP contribution in [0.25, 0.3) is 0 Å². The minimum Gasteiger partial charge on any atom is -0.496 e. The second-order valence-corrected chi connectivity index (χ2v) is 8.69. The van der Waals surface area contributed by atoms with Gasteiger partial charge in [-0.3, -0.25) is 0 Å². The van der Waals surface area contributed by atoms with E-state index in [-0.39, 0.29) is 6.10 Å². The summed E-state index contributed by atoms with van der Waals surface area (Å²) in [4.78, 5) is 0. The summed E-state index contributed by atoms with van der Waals surface area (Å²) < 4.78 is 12.4. The van der Waals surface area contributed by atoms with Gasteiger partial charge in [0.05, 0.1) is 13.2 Å². The van der Waals surface area contributed by atoms with Gasteiger partial charge in [0.25, 0.3) is 9.04 Å². The summed E-state index contributed by atoms with van der Waals surface area (Å²) in [5, 5.41) is 2.60. The van der Waals surface area contributed by atoms with Gasteiger partial charge in [0.1, 0.15) is 5.75 Å². The number of hydrogen-bond donors (Lipinski definition) is 0. The molecule has 0 heterocycles. The summed E-state index contributed by atoms with van der Waals surface area (Å²) in [6, 6.07) is 27.7. The number of methoxy groups -OCH3 is 1. The second kappa shape index (κ2) is 7.90. The highest BCUT2D eigenvalue weighted by Gasteiger charge is 2.27. The Bertz CT molecular complexity index is 795. The number of ether oxygens (including phenoxy) is 1. The Labute approximate surface area is 157 Å². The molecule has 1 aliphatic carbocycles. The first-order chi connectivity index (χ1) is 12.8. The quantitative estimate of drug-likeness (QED) is 0.650. The Hall–Kier alpha value is -2.36. The van der Waals surface area contributed by atoms with Gasteiger partial charge < -0.3 is 9.16 Å². The summed E-state index contributed by atoms with van der Waals surface area (Å²) in [6.45, 7) is 0. The van der Waals surface area contributed by atoms with Crippen LogP contribution in [0.2, 0.25) is 0 Å². The van der Waals surface area contributed by atoms with Crippen molar-refractivity contribution in [3.05, 3.63) is 90.0 Å². The normalized spacial score (nSPS) is 16.3. The maximum atomic E-state index is 6.77. The first-order valence-electron chi connectivity index (χ1n) is 9.14. The fourth-order valence-corrected chi connectivity index (χ4v) is 5.79. The third kappa shape index (κ3) is 3.59. The molecule has 131 valence electrons. The Kier molecular flexibility index (Phi) is 5.18. The molecule has 26 heavy (non-hydrogen) atoms. The molecule has 2 nitrogen and oxygen atoms in total. The summed E-state index contributed by atoms with van der Waals surface area (Å²) >= 11 is 0. The molecule has 0 saturated heterocycles. The van der Waals surface area contributed by atoms with Gasteiger partial charge >= 0.3 is 0 Å². The van der Waals surface area contributed by atoms with Gasteiger partial charge in [-0.2, -0.15) is 0 Å². The first kappa shape index (κ1) is 17.1. The van der Waals surface area contributed by atoms with Crippen LogP contribution in [0.4, 0.5) is 0 Å². The number of aryl methyl sites for hydroxylation is 1. The van der Waals surface area contributed by atoms with E-state index in [1.165, 1.54) is 21.5 Å². The zero-order valence-electron chi connectivity index (χ0n) is 15.0. The number of fused-ring (bicyclic) bond motifs is 1. The van der Waals surface area contributed by atoms with Crippen molar-refractivity contribution in [2.24, 2.45) is 0 Å². The van der Waals surface area contributed by atoms with Crippen LogP contribution < -0.4 is 15.1 Å². The van der Waals surface area contributed by atoms with E-state index in [0.29, 0.717) is 0 Å². The van der Waals surface area contributed by atoms with Crippen molar-refractivity contribution in [1.82, 2.24) is 0 Å². The molecular weight excluding hydrogens is 336 g/mol. The van der Waals surface area contributed by atoms with Crippen LogP contribution in [-0.2, 0) is 17.3 Å². The third-order valence-corrected chi connectivity index (χ3v) is 7.26. The SMILES string of the molecule is COc1cccc2c1C[C@H](O[Si](c1ccccc1)c1ccccc1)CC2. The number of benzene rings is 3. The fraction of sp³-hybridized carbons (Fsp3) is 0.217. The fourth-order valence-electron chi connectivity index (χ4n) is 3.66. The van der Waals surface area contributed by atoms with E-state index >= 15 is 0 Å². The molecule has 4 rings (SSSR count). The highest BCUT2D eigenvalue weighted by Crippen LogP contribution is 2.30. The highest BCUT2D eigenvalue weighted by molar-refractivity contribution is 6.80. The minimum atomic E-state index is -1.26. The molecule has 1 atom stereocenters. The van der Waals surface area contributed by atoms with Crippen LogP contribution >= 0.6 is 0 Å². The standard InChI is InChI=1S/C23H23O2Si/c1-24-23-14-8-9-18-15-16-19(17-22(18)23)25-26(20-10-4-2-5-11-20)21-12-6-3-7-13-21/h2-14,19H,15-17H2,1H3/t19-/m1/s1. The van der Waals surface area contributed by atoms with Gasteiger partial charge in [0, 0.05) is 6.42 Å². The Balaban J connectivity index is 1.61. The van der Waals surface area contributed by atoms with E-state index in [2.05, 4.69) is 78.9 Å². The van der Waals surface area contributed by atoms with Crippen molar-refractivity contribution in [1.29, 1.82) is 0 Å². The maximum absolute atomic E-state index is 6.77. The lowest BCUT2D eigenvalue weighted by molar-refractivity contribution is 0.190. The van der Waals surface area contributed by atoms with Crippen LogP contribution in [0.3, 0.4) is 0 Å². The first-order valence-corrected chi connectivity index (χ1v) is 10.5. The average molecular weight is 360 g/mol. The van der Waals surface area contributed by atoms with Crippen LogP contribution in [0.5, 0.6) is 5.75 Å². The van der Waals surface area contributed by atoms with Crippen LogP contribution in [-0.4, -0.2) is 22.3 Å². The summed E-state index contributed by atoms with van der Waals surface area (Å²) in [5.41, 5.74) is 2.71. The van der Waals surface area contributed by atoms with Crippen molar-refractivity contribution in [2.75, 3.05) is 7.11 Å². The smallest absolute Gasteiger partial charge is 0.283 e. The summed E-state index contributed by atoms with van der Waals surface area (Å²) in [7, 11) is 0.493. The molecule has 0 unspecified atom stereocenters. The van der Waals surface area contributed by atoms with Gasteiger partial charge in [0.15, 0.2) is 0 Å². The second-order valence-electron chi connectivity index (χ2n) is 6.64. The van der Waals surface area contributed by atoms with Crippen molar-refractivity contribution in [3.63, 3.8) is 0 Å². The molecule has 1 aliphatic rings. The summed E-state index contributed by atoms with van der Waals surface area (Å²) in [6.07, 6.45) is 3.27. The Morgan fingerprint density at radius 3 is 2.08 bits per heavy atom. The van der Waals surface area contributed by atoms with Crippen molar-refractivity contribution >= 4 is 19.4 Å². The van der Waals surface area contributed by atoms with Gasteiger partial charge in [-0.25, -0.2) is 0 Å². The van der Waals surface area contributed by atoms with E-state index < -0.39 is 9.04 Å². The third-order valence-electron chi connectivity index (χ3n) is 4.97. The predicted molar refractivity (Wildman–Crippen MR) is 108 cm³/mol. The topological polar surface area (TPSA) is 18.5 Å². The van der Waals surface area contributed by atoms with Crippen molar-refractivity contribution in [3.8, 4) is 5.75 Å². The lowest BCUT2D eigenvalue weighted by Crippen LogP contribution is -2.48. The van der Waals surface area contributed by atoms with E-state index in [4.69, 9.17) is 9.16 Å². The van der Waals surface area contributed by atoms with Gasteiger partial charge in [0.2, 0.25) is 0 Å². The molecule has 0 fully saturated rings. The largest absolute Gasteiger partial charge is 0.496 e. The van der Waals surface area contributed by atoms with Crippen molar-refractivity contribution in [2.45, 2.75) is 25.4 Å². The zero-order valence-corrected chi connectivity index (χ0v) is 16.0. The van der Waals surface area contributed by atoms with E-state index in [9.17, 15) is 0 Å². The van der Waals surface area contributed by atoms with Crippen molar-refractivity contribution < 1.29 is 9.16 Å². The molecule has 3 aromatic rings. The lowest BCUT2D eigenvalue weighted by Gasteiger charge is -2.29. The lowest BCUT2D eigenvalue weighted by atomic mass is 9.89. The van der Waals surface area contributed by atoms with Gasteiger partial charge in [-0.15, -0.1) is 0 Å². The molecule has 0 aromatic heterocycles. The van der Waals surface area contributed by atoms with Gasteiger partial charge in [-0.05, 0) is 40.4 Å². The van der Waals surface area contributed by atoms with E-state index in [1.807, 2.05) is 0 Å². The van der Waals surface area contributed by atoms with Crippen LogP contribution in [0.1, 0.15) is 17.5 Å². The minimum absolute atomic E-state index is 0.230.